The number of fused-ring (bicyclic) bond motifs is 1. The van der Waals surface area contributed by atoms with Crippen molar-refractivity contribution in [3.63, 3.8) is 0 Å². The Morgan fingerprint density at radius 1 is 1.21 bits per heavy atom. The van der Waals surface area contributed by atoms with Gasteiger partial charge < -0.3 is 10.1 Å². The lowest BCUT2D eigenvalue weighted by Crippen LogP contribution is -2.15. The number of rotatable bonds is 0. The van der Waals surface area contributed by atoms with Gasteiger partial charge in [-0.1, -0.05) is 18.2 Å². The molecule has 0 bridgehead atoms. The molecule has 0 radical (unpaired) electrons. The Bertz CT molecular complexity index is 393. The highest BCUT2D eigenvalue weighted by molar-refractivity contribution is 5.59. The molecule has 2 aliphatic rings. The molecular formula is C12H11NO. The number of para-hydroxylation sites is 1. The SMILES string of the molecule is C1=COC2=C(C1)Cc1ccccc1N2. The van der Waals surface area contributed by atoms with Crippen molar-refractivity contribution in [3.05, 3.63) is 53.6 Å². The van der Waals surface area contributed by atoms with Gasteiger partial charge in [0.1, 0.15) is 0 Å². The van der Waals surface area contributed by atoms with E-state index >= 15 is 0 Å². The van der Waals surface area contributed by atoms with E-state index in [-0.39, 0.29) is 0 Å². The van der Waals surface area contributed by atoms with Crippen LogP contribution in [0.4, 0.5) is 5.69 Å². The second kappa shape index (κ2) is 2.91. The molecule has 0 saturated carbocycles. The minimum absolute atomic E-state index is 0.922. The van der Waals surface area contributed by atoms with Gasteiger partial charge in [-0.2, -0.15) is 0 Å². The third-order valence-corrected chi connectivity index (χ3v) is 2.64. The molecule has 2 aliphatic heterocycles. The lowest BCUT2D eigenvalue weighted by Gasteiger charge is -2.24. The maximum Gasteiger partial charge on any atom is 0.196 e. The fraction of sp³-hybridized carbons (Fsp3) is 0.167. The summed E-state index contributed by atoms with van der Waals surface area (Å²) in [6.07, 6.45) is 5.80. The highest BCUT2D eigenvalue weighted by atomic mass is 16.5. The maximum absolute atomic E-state index is 5.43. The van der Waals surface area contributed by atoms with Gasteiger partial charge >= 0.3 is 0 Å². The van der Waals surface area contributed by atoms with E-state index in [4.69, 9.17) is 4.74 Å². The maximum atomic E-state index is 5.43. The Morgan fingerprint density at radius 3 is 3.14 bits per heavy atom. The molecule has 2 heterocycles. The molecule has 1 aromatic rings. The van der Waals surface area contributed by atoms with Gasteiger partial charge in [0.25, 0.3) is 0 Å². The predicted octanol–water partition coefficient (Wildman–Crippen LogP) is 2.80. The van der Waals surface area contributed by atoms with Crippen molar-refractivity contribution in [3.8, 4) is 0 Å². The Hall–Kier alpha value is -1.70. The van der Waals surface area contributed by atoms with Crippen LogP contribution in [0.15, 0.2) is 48.1 Å². The van der Waals surface area contributed by atoms with Crippen LogP contribution < -0.4 is 5.32 Å². The minimum atomic E-state index is 0.922. The first-order valence-corrected chi connectivity index (χ1v) is 4.82. The van der Waals surface area contributed by atoms with Gasteiger partial charge in [0, 0.05) is 12.1 Å². The Morgan fingerprint density at radius 2 is 2.14 bits per heavy atom. The number of ether oxygens (including phenoxy) is 1. The molecule has 0 spiro atoms. The van der Waals surface area contributed by atoms with Crippen LogP contribution in [-0.4, -0.2) is 0 Å². The molecule has 3 rings (SSSR count). The van der Waals surface area contributed by atoms with Crippen molar-refractivity contribution in [1.82, 2.24) is 0 Å². The van der Waals surface area contributed by atoms with Crippen molar-refractivity contribution < 1.29 is 4.74 Å². The summed E-state index contributed by atoms with van der Waals surface area (Å²) in [4.78, 5) is 0. The lowest BCUT2D eigenvalue weighted by molar-refractivity contribution is 0.338. The molecule has 0 saturated heterocycles. The number of anilines is 1. The first kappa shape index (κ1) is 7.68. The highest BCUT2D eigenvalue weighted by Gasteiger charge is 2.18. The molecule has 1 N–H and O–H groups in total. The van der Waals surface area contributed by atoms with E-state index in [0.717, 1.165) is 18.7 Å². The molecule has 0 unspecified atom stereocenters. The number of benzene rings is 1. The zero-order chi connectivity index (χ0) is 9.38. The minimum Gasteiger partial charge on any atom is -0.449 e. The van der Waals surface area contributed by atoms with Crippen LogP contribution in [-0.2, 0) is 11.2 Å². The highest BCUT2D eigenvalue weighted by Crippen LogP contribution is 2.31. The quantitative estimate of drug-likeness (QED) is 0.671. The zero-order valence-corrected chi connectivity index (χ0v) is 7.79. The van der Waals surface area contributed by atoms with Crippen LogP contribution >= 0.6 is 0 Å². The summed E-state index contributed by atoms with van der Waals surface area (Å²) in [7, 11) is 0. The van der Waals surface area contributed by atoms with Crippen LogP contribution in [0.2, 0.25) is 0 Å². The van der Waals surface area contributed by atoms with Gasteiger partial charge in [-0.3, -0.25) is 0 Å². The Labute approximate surface area is 82.9 Å². The molecule has 2 heteroatoms. The second-order valence-corrected chi connectivity index (χ2v) is 3.59. The first-order valence-electron chi connectivity index (χ1n) is 4.82. The normalized spacial score (nSPS) is 18.0. The fourth-order valence-corrected chi connectivity index (χ4v) is 1.90. The number of hydrogen-bond acceptors (Lipinski definition) is 2. The lowest BCUT2D eigenvalue weighted by atomic mass is 9.97. The van der Waals surface area contributed by atoms with E-state index < -0.39 is 0 Å². The topological polar surface area (TPSA) is 21.3 Å². The van der Waals surface area contributed by atoms with E-state index in [1.807, 2.05) is 6.07 Å². The zero-order valence-electron chi connectivity index (χ0n) is 7.79. The monoisotopic (exact) mass is 185 g/mol. The molecule has 1 aromatic carbocycles. The van der Waals surface area contributed by atoms with Crippen molar-refractivity contribution in [2.45, 2.75) is 12.8 Å². The fourth-order valence-electron chi connectivity index (χ4n) is 1.90. The van der Waals surface area contributed by atoms with Crippen molar-refractivity contribution in [2.75, 3.05) is 5.32 Å². The summed E-state index contributed by atoms with van der Waals surface area (Å²) in [6, 6.07) is 8.35. The van der Waals surface area contributed by atoms with E-state index in [1.165, 1.54) is 16.8 Å². The summed E-state index contributed by atoms with van der Waals surface area (Å²) >= 11 is 0. The number of allylic oxidation sites excluding steroid dienone is 2. The van der Waals surface area contributed by atoms with E-state index in [0.29, 0.717) is 0 Å². The molecule has 0 amide bonds. The summed E-state index contributed by atoms with van der Waals surface area (Å²) in [5, 5.41) is 3.31. The van der Waals surface area contributed by atoms with Gasteiger partial charge in [-0.05, 0) is 29.7 Å². The second-order valence-electron chi connectivity index (χ2n) is 3.59. The van der Waals surface area contributed by atoms with E-state index in [1.54, 1.807) is 6.26 Å². The summed E-state index contributed by atoms with van der Waals surface area (Å²) in [5.41, 5.74) is 3.86. The van der Waals surface area contributed by atoms with E-state index in [2.05, 4.69) is 29.6 Å². The molecule has 0 aliphatic carbocycles. The van der Waals surface area contributed by atoms with Crippen LogP contribution in [0, 0.1) is 0 Å². The smallest absolute Gasteiger partial charge is 0.196 e. The Kier molecular flexibility index (Phi) is 1.60. The van der Waals surface area contributed by atoms with Crippen LogP contribution in [0.1, 0.15) is 12.0 Å². The third-order valence-electron chi connectivity index (χ3n) is 2.64. The molecule has 0 aromatic heterocycles. The third kappa shape index (κ3) is 1.11. The average Bonchev–Trinajstić information content (AvgIpc) is 2.26. The number of hydrogen-bond donors (Lipinski definition) is 1. The van der Waals surface area contributed by atoms with Gasteiger partial charge in [0.15, 0.2) is 5.88 Å². The van der Waals surface area contributed by atoms with Crippen molar-refractivity contribution >= 4 is 5.69 Å². The molecule has 0 fully saturated rings. The predicted molar refractivity (Wildman–Crippen MR) is 55.6 cm³/mol. The standard InChI is InChI=1S/C12H11NO/c1-2-6-11-9(4-1)8-10-5-3-7-14-12(10)13-11/h1-4,6-7,13H,5,8H2. The van der Waals surface area contributed by atoms with Crippen LogP contribution in [0.5, 0.6) is 0 Å². The summed E-state index contributed by atoms with van der Waals surface area (Å²) in [5.74, 6) is 0.922. The summed E-state index contributed by atoms with van der Waals surface area (Å²) in [6.45, 7) is 0. The van der Waals surface area contributed by atoms with Crippen LogP contribution in [0.25, 0.3) is 0 Å². The molecule has 2 nitrogen and oxygen atoms in total. The Balaban J connectivity index is 2.00. The van der Waals surface area contributed by atoms with Crippen molar-refractivity contribution in [1.29, 1.82) is 0 Å². The average molecular weight is 185 g/mol. The van der Waals surface area contributed by atoms with Gasteiger partial charge in [-0.25, -0.2) is 0 Å². The first-order chi connectivity index (χ1) is 6.93. The van der Waals surface area contributed by atoms with Gasteiger partial charge in [-0.15, -0.1) is 0 Å². The van der Waals surface area contributed by atoms with Gasteiger partial charge in [0.05, 0.1) is 6.26 Å². The molecule has 14 heavy (non-hydrogen) atoms. The molecule has 0 atom stereocenters. The number of nitrogens with one attached hydrogen (secondary N) is 1. The molecule has 70 valence electrons. The van der Waals surface area contributed by atoms with Gasteiger partial charge in [0.2, 0.25) is 0 Å². The van der Waals surface area contributed by atoms with Crippen LogP contribution in [0.3, 0.4) is 0 Å². The summed E-state index contributed by atoms with van der Waals surface area (Å²) < 4.78 is 5.43. The van der Waals surface area contributed by atoms with Crippen molar-refractivity contribution in [2.24, 2.45) is 0 Å². The van der Waals surface area contributed by atoms with E-state index in [9.17, 15) is 0 Å². The largest absolute Gasteiger partial charge is 0.449 e. The molecular weight excluding hydrogens is 174 g/mol.